The quantitative estimate of drug-likeness (QED) is 0.222. The summed E-state index contributed by atoms with van der Waals surface area (Å²) in [6.45, 7) is 1.79. The number of methoxy groups -OCH3 is 2. The fourth-order valence-electron chi connectivity index (χ4n) is 4.04. The summed E-state index contributed by atoms with van der Waals surface area (Å²) in [4.78, 5) is 25.6. The first-order valence-corrected chi connectivity index (χ1v) is 12.3. The number of hydrogen-bond acceptors (Lipinski definition) is 5. The molecule has 7 heteroatoms. The predicted octanol–water partition coefficient (Wildman–Crippen LogP) is 7.11. The maximum atomic E-state index is 12.9. The first-order valence-electron chi connectivity index (χ1n) is 12.3. The molecule has 4 aromatic rings. The minimum absolute atomic E-state index is 0.0937. The molecular weight excluding hydrogens is 480 g/mol. The normalized spacial score (nSPS) is 10.5. The molecule has 194 valence electrons. The highest BCUT2D eigenvalue weighted by molar-refractivity contribution is 6.03. The number of nitrogens with one attached hydrogen (secondary N) is 2. The Balaban J connectivity index is 1.58. The lowest BCUT2D eigenvalue weighted by Crippen LogP contribution is -2.20. The molecule has 4 aromatic carbocycles. The maximum Gasteiger partial charge on any atom is 0.323 e. The van der Waals surface area contributed by atoms with E-state index in [4.69, 9.17) is 14.2 Å². The molecular formula is C31H30N2O5. The Labute approximate surface area is 222 Å². The van der Waals surface area contributed by atoms with E-state index in [0.717, 1.165) is 11.1 Å². The average Bonchev–Trinajstić information content (AvgIpc) is 2.96. The molecule has 0 aliphatic carbocycles. The smallest absolute Gasteiger partial charge is 0.323 e. The van der Waals surface area contributed by atoms with Gasteiger partial charge >= 0.3 is 6.03 Å². The van der Waals surface area contributed by atoms with Gasteiger partial charge in [-0.3, -0.25) is 4.79 Å². The molecule has 0 atom stereocenters. The first kappa shape index (κ1) is 26.3. The number of ketones is 1. The summed E-state index contributed by atoms with van der Waals surface area (Å²) < 4.78 is 17.0. The zero-order chi connectivity index (χ0) is 26.9. The van der Waals surface area contributed by atoms with Crippen LogP contribution in [0.25, 0.3) is 0 Å². The van der Waals surface area contributed by atoms with E-state index in [2.05, 4.69) is 10.6 Å². The van der Waals surface area contributed by atoms with Crippen molar-refractivity contribution in [2.24, 2.45) is 0 Å². The average molecular weight is 511 g/mol. The second-order valence-electron chi connectivity index (χ2n) is 8.46. The third-order valence-corrected chi connectivity index (χ3v) is 5.95. The van der Waals surface area contributed by atoms with Crippen LogP contribution in [0.4, 0.5) is 16.2 Å². The number of Topliss-reactive ketones (excluding diaryl/α,β-unsaturated/α-hetero) is 1. The van der Waals surface area contributed by atoms with Gasteiger partial charge < -0.3 is 24.8 Å². The molecule has 0 aliphatic rings. The molecule has 0 bridgehead atoms. The summed E-state index contributed by atoms with van der Waals surface area (Å²) >= 11 is 0. The summed E-state index contributed by atoms with van der Waals surface area (Å²) in [6, 6.07) is 29.4. The molecule has 4 rings (SSSR count). The van der Waals surface area contributed by atoms with Crippen molar-refractivity contribution in [2.75, 3.05) is 24.9 Å². The van der Waals surface area contributed by atoms with Gasteiger partial charge in [0.05, 0.1) is 19.8 Å². The van der Waals surface area contributed by atoms with E-state index >= 15 is 0 Å². The van der Waals surface area contributed by atoms with Crippen molar-refractivity contribution in [3.63, 3.8) is 0 Å². The van der Waals surface area contributed by atoms with Gasteiger partial charge in [-0.2, -0.15) is 0 Å². The second-order valence-corrected chi connectivity index (χ2v) is 8.46. The summed E-state index contributed by atoms with van der Waals surface area (Å²) in [5, 5.41) is 5.56. The molecule has 38 heavy (non-hydrogen) atoms. The van der Waals surface area contributed by atoms with Crippen molar-refractivity contribution in [3.05, 3.63) is 114 Å². The van der Waals surface area contributed by atoms with Gasteiger partial charge in [-0.1, -0.05) is 67.6 Å². The Morgan fingerprint density at radius 2 is 1.21 bits per heavy atom. The zero-order valence-corrected chi connectivity index (χ0v) is 21.6. The Kier molecular flexibility index (Phi) is 8.61. The Morgan fingerprint density at radius 3 is 1.74 bits per heavy atom. The maximum absolute atomic E-state index is 12.9. The Morgan fingerprint density at radius 1 is 0.684 bits per heavy atom. The molecule has 0 aromatic heterocycles. The molecule has 0 saturated carbocycles. The largest absolute Gasteiger partial charge is 0.493 e. The molecule has 0 fully saturated rings. The number of amides is 2. The molecule has 0 radical (unpaired) electrons. The summed E-state index contributed by atoms with van der Waals surface area (Å²) in [5.41, 5.74) is 3.31. The standard InChI is InChI=1S/C31H30N2O5/c1-4-26(34)25-19-23(32-31(35)33-24-16-18-28(36-2)29(20-24)37-3)15-17-27(25)38-30(21-11-7-5-8-12-21)22-13-9-6-10-14-22/h5-20,30H,4H2,1-3H3,(H2,32,33,35). The van der Waals surface area contributed by atoms with Crippen molar-refractivity contribution in [1.82, 2.24) is 0 Å². The van der Waals surface area contributed by atoms with Crippen LogP contribution < -0.4 is 24.8 Å². The van der Waals surface area contributed by atoms with Crippen LogP contribution in [0.3, 0.4) is 0 Å². The zero-order valence-electron chi connectivity index (χ0n) is 21.6. The van der Waals surface area contributed by atoms with Crippen LogP contribution in [0.2, 0.25) is 0 Å². The third-order valence-electron chi connectivity index (χ3n) is 5.95. The summed E-state index contributed by atoms with van der Waals surface area (Å²) in [6.07, 6.45) is -0.119. The van der Waals surface area contributed by atoms with Gasteiger partial charge in [0.2, 0.25) is 0 Å². The van der Waals surface area contributed by atoms with Crippen molar-refractivity contribution in [2.45, 2.75) is 19.4 Å². The van der Waals surface area contributed by atoms with Crippen LogP contribution in [-0.4, -0.2) is 26.0 Å². The second kappa shape index (κ2) is 12.5. The summed E-state index contributed by atoms with van der Waals surface area (Å²) in [7, 11) is 3.07. The van der Waals surface area contributed by atoms with Gasteiger partial charge in [-0.05, 0) is 41.5 Å². The van der Waals surface area contributed by atoms with E-state index in [1.807, 2.05) is 60.7 Å². The molecule has 0 spiro atoms. The minimum atomic E-state index is -0.466. The number of urea groups is 1. The SMILES string of the molecule is CCC(=O)c1cc(NC(=O)Nc2ccc(OC)c(OC)c2)ccc1OC(c1ccccc1)c1ccccc1. The highest BCUT2D eigenvalue weighted by atomic mass is 16.5. The van der Waals surface area contributed by atoms with Crippen molar-refractivity contribution in [3.8, 4) is 17.2 Å². The van der Waals surface area contributed by atoms with Crippen LogP contribution in [-0.2, 0) is 0 Å². The Bertz CT molecular complexity index is 1350. The number of benzene rings is 4. The van der Waals surface area contributed by atoms with Gasteiger partial charge in [-0.15, -0.1) is 0 Å². The predicted molar refractivity (Wildman–Crippen MR) is 149 cm³/mol. The van der Waals surface area contributed by atoms with E-state index in [0.29, 0.717) is 40.6 Å². The number of carbonyl (C=O) groups excluding carboxylic acids is 2. The fourth-order valence-corrected chi connectivity index (χ4v) is 4.04. The number of carbonyl (C=O) groups is 2. The lowest BCUT2D eigenvalue weighted by molar-refractivity contribution is 0.0982. The lowest BCUT2D eigenvalue weighted by Gasteiger charge is -2.22. The van der Waals surface area contributed by atoms with Gasteiger partial charge in [0.1, 0.15) is 11.9 Å². The molecule has 0 heterocycles. The molecule has 0 saturated heterocycles. The molecule has 2 amide bonds. The van der Waals surface area contributed by atoms with Gasteiger partial charge in [-0.25, -0.2) is 4.79 Å². The molecule has 0 aliphatic heterocycles. The number of rotatable bonds is 10. The number of hydrogen-bond donors (Lipinski definition) is 2. The van der Waals surface area contributed by atoms with Crippen molar-refractivity contribution < 1.29 is 23.8 Å². The molecule has 2 N–H and O–H groups in total. The van der Waals surface area contributed by atoms with Crippen molar-refractivity contribution in [1.29, 1.82) is 0 Å². The van der Waals surface area contributed by atoms with Crippen LogP contribution in [0.5, 0.6) is 17.2 Å². The van der Waals surface area contributed by atoms with Crippen LogP contribution >= 0.6 is 0 Å². The fraction of sp³-hybridized carbons (Fsp3) is 0.161. The van der Waals surface area contributed by atoms with Gasteiger partial charge in [0.15, 0.2) is 17.3 Å². The van der Waals surface area contributed by atoms with E-state index in [9.17, 15) is 9.59 Å². The molecule has 0 unspecified atom stereocenters. The Hall–Kier alpha value is -4.78. The van der Waals surface area contributed by atoms with Gasteiger partial charge in [0, 0.05) is 23.9 Å². The van der Waals surface area contributed by atoms with E-state index in [-0.39, 0.29) is 5.78 Å². The highest BCUT2D eigenvalue weighted by Crippen LogP contribution is 2.33. The minimum Gasteiger partial charge on any atom is -0.493 e. The first-order chi connectivity index (χ1) is 18.5. The van der Waals surface area contributed by atoms with Crippen LogP contribution in [0.15, 0.2) is 97.1 Å². The third kappa shape index (κ3) is 6.31. The monoisotopic (exact) mass is 510 g/mol. The lowest BCUT2D eigenvalue weighted by atomic mass is 10.0. The van der Waals surface area contributed by atoms with Crippen LogP contribution in [0, 0.1) is 0 Å². The number of ether oxygens (including phenoxy) is 3. The van der Waals surface area contributed by atoms with Gasteiger partial charge in [0.25, 0.3) is 0 Å². The van der Waals surface area contributed by atoms with Crippen molar-refractivity contribution >= 4 is 23.2 Å². The van der Waals surface area contributed by atoms with Crippen LogP contribution in [0.1, 0.15) is 40.9 Å². The van der Waals surface area contributed by atoms with E-state index < -0.39 is 12.1 Å². The van der Waals surface area contributed by atoms with E-state index in [1.165, 1.54) is 7.11 Å². The molecule has 7 nitrogen and oxygen atoms in total. The topological polar surface area (TPSA) is 85.9 Å². The highest BCUT2D eigenvalue weighted by Gasteiger charge is 2.20. The number of anilines is 2. The van der Waals surface area contributed by atoms with E-state index in [1.54, 1.807) is 50.4 Å². The summed E-state index contributed by atoms with van der Waals surface area (Å²) in [5.74, 6) is 1.40.